The monoisotopic (exact) mass is 332 g/mol. The molecule has 0 spiro atoms. The van der Waals surface area contributed by atoms with Gasteiger partial charge < -0.3 is 5.32 Å². The van der Waals surface area contributed by atoms with Gasteiger partial charge in [-0.25, -0.2) is 4.98 Å². The molecule has 0 fully saturated rings. The first-order valence-corrected chi connectivity index (χ1v) is 6.83. The Kier molecular flexibility index (Phi) is 4.74. The Morgan fingerprint density at radius 2 is 1.86 bits per heavy atom. The Balaban J connectivity index is 2.22. The molecule has 0 saturated carbocycles. The predicted molar refractivity (Wildman–Crippen MR) is 75.6 cm³/mol. The Hall–Kier alpha value is -1.73. The van der Waals surface area contributed by atoms with Crippen LogP contribution < -0.4 is 5.32 Å². The second kappa shape index (κ2) is 6.36. The van der Waals surface area contributed by atoms with Crippen LogP contribution in [0.2, 0.25) is 5.15 Å². The molecular formula is C13H8ClF3N2OS. The van der Waals surface area contributed by atoms with Crippen molar-refractivity contribution in [3.05, 3.63) is 53.3 Å². The van der Waals surface area contributed by atoms with E-state index in [4.69, 9.17) is 11.6 Å². The third-order valence-corrected chi connectivity index (χ3v) is 3.33. The molecule has 0 atom stereocenters. The second-order valence-electron chi connectivity index (χ2n) is 3.84. The molecule has 1 amide bonds. The van der Waals surface area contributed by atoms with E-state index < -0.39 is 11.4 Å². The molecule has 2 rings (SSSR count). The highest BCUT2D eigenvalue weighted by atomic mass is 35.5. The fraction of sp³-hybridized carbons (Fsp3) is 0.0769. The minimum atomic E-state index is -4.44. The highest BCUT2D eigenvalue weighted by Gasteiger charge is 2.30. The summed E-state index contributed by atoms with van der Waals surface area (Å²) in [6.45, 7) is 0. The number of thioether (sulfide) groups is 1. The Labute approximate surface area is 127 Å². The molecule has 0 aliphatic rings. The lowest BCUT2D eigenvalue weighted by Crippen LogP contribution is -2.14. The van der Waals surface area contributed by atoms with Crippen molar-refractivity contribution in [2.24, 2.45) is 0 Å². The molecule has 21 heavy (non-hydrogen) atoms. The van der Waals surface area contributed by atoms with Crippen molar-refractivity contribution < 1.29 is 18.0 Å². The third-order valence-electron chi connectivity index (χ3n) is 2.31. The average molecular weight is 333 g/mol. The summed E-state index contributed by atoms with van der Waals surface area (Å²) in [7, 11) is 0. The summed E-state index contributed by atoms with van der Waals surface area (Å²) in [4.78, 5) is 15.7. The standard InChI is InChI=1S/C13H8ClF3N2OS/c14-11-7-3-5-9(18-11)12(20)19-8-4-1-2-6-10(8)21-13(15,16)17/h1-7H,(H,19,20). The van der Waals surface area contributed by atoms with Crippen LogP contribution >= 0.6 is 23.4 Å². The van der Waals surface area contributed by atoms with E-state index in [1.807, 2.05) is 0 Å². The number of alkyl halides is 3. The molecule has 8 heteroatoms. The molecular weight excluding hydrogens is 325 g/mol. The summed E-state index contributed by atoms with van der Waals surface area (Å²) in [5.74, 6) is -0.632. The maximum atomic E-state index is 12.5. The lowest BCUT2D eigenvalue weighted by Gasteiger charge is -2.11. The van der Waals surface area contributed by atoms with Crippen molar-refractivity contribution in [2.45, 2.75) is 10.4 Å². The number of para-hydroxylation sites is 1. The SMILES string of the molecule is O=C(Nc1ccccc1SC(F)(F)F)c1cccc(Cl)n1. The summed E-state index contributed by atoms with van der Waals surface area (Å²) in [5, 5.41) is 2.52. The van der Waals surface area contributed by atoms with Gasteiger partial charge in [-0.1, -0.05) is 29.8 Å². The largest absolute Gasteiger partial charge is 0.446 e. The number of amides is 1. The number of anilines is 1. The fourth-order valence-corrected chi connectivity index (χ4v) is 2.29. The van der Waals surface area contributed by atoms with Gasteiger partial charge in [-0.3, -0.25) is 4.79 Å². The number of hydrogen-bond acceptors (Lipinski definition) is 3. The number of carbonyl (C=O) groups is 1. The van der Waals surface area contributed by atoms with Crippen LogP contribution in [0.4, 0.5) is 18.9 Å². The number of nitrogens with zero attached hydrogens (tertiary/aromatic N) is 1. The van der Waals surface area contributed by atoms with Crippen molar-refractivity contribution in [2.75, 3.05) is 5.32 Å². The van der Waals surface area contributed by atoms with Gasteiger partial charge in [0, 0.05) is 4.90 Å². The van der Waals surface area contributed by atoms with Gasteiger partial charge in [-0.15, -0.1) is 0 Å². The molecule has 0 unspecified atom stereocenters. The predicted octanol–water partition coefficient (Wildman–Crippen LogP) is 4.60. The average Bonchev–Trinajstić information content (AvgIpc) is 2.39. The number of hydrogen-bond donors (Lipinski definition) is 1. The number of nitrogens with one attached hydrogen (secondary N) is 1. The first kappa shape index (κ1) is 15.7. The third kappa shape index (κ3) is 4.64. The maximum absolute atomic E-state index is 12.5. The molecule has 1 aromatic heterocycles. The first-order valence-electron chi connectivity index (χ1n) is 5.64. The molecule has 2 aromatic rings. The van der Waals surface area contributed by atoms with Gasteiger partial charge in [0.2, 0.25) is 0 Å². The summed E-state index contributed by atoms with van der Waals surface area (Å²) in [6, 6.07) is 10.1. The van der Waals surface area contributed by atoms with Crippen LogP contribution in [-0.2, 0) is 0 Å². The van der Waals surface area contributed by atoms with E-state index >= 15 is 0 Å². The lowest BCUT2D eigenvalue weighted by atomic mass is 10.3. The first-order chi connectivity index (χ1) is 9.85. The minimum Gasteiger partial charge on any atom is -0.320 e. The van der Waals surface area contributed by atoms with Gasteiger partial charge in [0.05, 0.1) is 5.69 Å². The Bertz CT molecular complexity index is 664. The van der Waals surface area contributed by atoms with Crippen LogP contribution in [0.15, 0.2) is 47.4 Å². The molecule has 0 bridgehead atoms. The van der Waals surface area contributed by atoms with Crippen molar-refractivity contribution in [1.29, 1.82) is 0 Å². The van der Waals surface area contributed by atoms with Crippen molar-refractivity contribution in [3.63, 3.8) is 0 Å². The summed E-state index contributed by atoms with van der Waals surface area (Å²) in [5.41, 5.74) is -4.35. The van der Waals surface area contributed by atoms with Gasteiger partial charge in [-0.2, -0.15) is 13.2 Å². The number of halogens is 4. The van der Waals surface area contributed by atoms with E-state index in [-0.39, 0.29) is 33.2 Å². The number of rotatable bonds is 3. The van der Waals surface area contributed by atoms with Crippen LogP contribution in [-0.4, -0.2) is 16.4 Å². The minimum absolute atomic E-state index is 0.0225. The summed E-state index contributed by atoms with van der Waals surface area (Å²) < 4.78 is 37.4. The quantitative estimate of drug-likeness (QED) is 0.660. The number of benzene rings is 1. The highest BCUT2D eigenvalue weighted by Crippen LogP contribution is 2.40. The smallest absolute Gasteiger partial charge is 0.320 e. The maximum Gasteiger partial charge on any atom is 0.446 e. The van der Waals surface area contributed by atoms with Crippen LogP contribution in [0.25, 0.3) is 0 Å². The molecule has 0 aliphatic heterocycles. The Morgan fingerprint density at radius 1 is 1.14 bits per heavy atom. The van der Waals surface area contributed by atoms with Crippen LogP contribution in [0.5, 0.6) is 0 Å². The van der Waals surface area contributed by atoms with E-state index in [0.717, 1.165) is 0 Å². The molecule has 1 heterocycles. The zero-order valence-electron chi connectivity index (χ0n) is 10.3. The summed E-state index contributed by atoms with van der Waals surface area (Å²) in [6.07, 6.45) is 0. The van der Waals surface area contributed by atoms with Gasteiger partial charge >= 0.3 is 5.51 Å². The highest BCUT2D eigenvalue weighted by molar-refractivity contribution is 8.00. The molecule has 3 nitrogen and oxygen atoms in total. The van der Waals surface area contributed by atoms with E-state index in [1.165, 1.54) is 42.5 Å². The van der Waals surface area contributed by atoms with E-state index in [9.17, 15) is 18.0 Å². The van der Waals surface area contributed by atoms with Crippen molar-refractivity contribution in [1.82, 2.24) is 4.98 Å². The molecule has 0 radical (unpaired) electrons. The van der Waals surface area contributed by atoms with Gasteiger partial charge in [-0.05, 0) is 36.0 Å². The van der Waals surface area contributed by atoms with Gasteiger partial charge in [0.1, 0.15) is 10.8 Å². The zero-order valence-corrected chi connectivity index (χ0v) is 11.9. The topological polar surface area (TPSA) is 42.0 Å². The van der Waals surface area contributed by atoms with Crippen LogP contribution in [0.1, 0.15) is 10.5 Å². The molecule has 1 N–H and O–H groups in total. The van der Waals surface area contributed by atoms with Crippen molar-refractivity contribution >= 4 is 35.0 Å². The Morgan fingerprint density at radius 3 is 2.52 bits per heavy atom. The van der Waals surface area contributed by atoms with E-state index in [1.54, 1.807) is 0 Å². The molecule has 110 valence electrons. The van der Waals surface area contributed by atoms with Gasteiger partial charge in [0.15, 0.2) is 0 Å². The molecule has 1 aromatic carbocycles. The normalized spacial score (nSPS) is 11.2. The fourth-order valence-electron chi connectivity index (χ4n) is 1.50. The van der Waals surface area contributed by atoms with Crippen LogP contribution in [0, 0.1) is 0 Å². The van der Waals surface area contributed by atoms with E-state index in [2.05, 4.69) is 10.3 Å². The van der Waals surface area contributed by atoms with Gasteiger partial charge in [0.25, 0.3) is 5.91 Å². The van der Waals surface area contributed by atoms with Crippen LogP contribution in [0.3, 0.4) is 0 Å². The number of pyridine rings is 1. The van der Waals surface area contributed by atoms with Crippen molar-refractivity contribution in [3.8, 4) is 0 Å². The summed E-state index contributed by atoms with van der Waals surface area (Å²) >= 11 is 5.37. The molecule has 0 aliphatic carbocycles. The van der Waals surface area contributed by atoms with E-state index in [0.29, 0.717) is 0 Å². The molecule has 0 saturated heterocycles. The lowest BCUT2D eigenvalue weighted by molar-refractivity contribution is -0.0328. The number of carbonyl (C=O) groups excluding carboxylic acids is 1. The number of aromatic nitrogens is 1. The second-order valence-corrected chi connectivity index (χ2v) is 5.34. The zero-order chi connectivity index (χ0) is 15.5.